The molecule has 21 heavy (non-hydrogen) atoms. The van der Waals surface area contributed by atoms with Crippen molar-refractivity contribution in [2.45, 2.75) is 45.6 Å². The lowest BCUT2D eigenvalue weighted by molar-refractivity contribution is -0.137. The van der Waals surface area contributed by atoms with Crippen LogP contribution in [0.2, 0.25) is 0 Å². The molecule has 0 saturated heterocycles. The number of benzene rings is 1. The minimum atomic E-state index is -0.981. The van der Waals surface area contributed by atoms with Gasteiger partial charge in [-0.05, 0) is 37.5 Å². The lowest BCUT2D eigenvalue weighted by Gasteiger charge is -2.39. The Kier molecular flexibility index (Phi) is 3.94. The number of rotatable bonds is 4. The molecule has 1 heterocycles. The molecule has 1 N–H and O–H groups in total. The van der Waals surface area contributed by atoms with E-state index in [4.69, 9.17) is 9.84 Å². The SMILES string of the molecule is CC(C)c1ccc2c(c1)N(CCC(=O)O)C(=O)C(C)(C)O2. The van der Waals surface area contributed by atoms with Crippen molar-refractivity contribution >= 4 is 17.6 Å². The summed E-state index contributed by atoms with van der Waals surface area (Å²) in [4.78, 5) is 24.9. The van der Waals surface area contributed by atoms with Crippen LogP contribution in [0.4, 0.5) is 5.69 Å². The Hall–Kier alpha value is -2.04. The number of carbonyl (C=O) groups is 2. The van der Waals surface area contributed by atoms with Gasteiger partial charge in [-0.25, -0.2) is 0 Å². The summed E-state index contributed by atoms with van der Waals surface area (Å²) < 4.78 is 5.76. The van der Waals surface area contributed by atoms with Crippen LogP contribution in [0.1, 0.15) is 45.6 Å². The van der Waals surface area contributed by atoms with Crippen LogP contribution >= 0.6 is 0 Å². The number of anilines is 1. The quantitative estimate of drug-likeness (QED) is 0.926. The smallest absolute Gasteiger partial charge is 0.305 e. The Balaban J connectivity index is 2.44. The van der Waals surface area contributed by atoms with Crippen LogP contribution < -0.4 is 9.64 Å². The molecule has 2 rings (SSSR count). The first-order valence-electron chi connectivity index (χ1n) is 7.09. The third kappa shape index (κ3) is 3.01. The van der Waals surface area contributed by atoms with Gasteiger partial charge in [-0.15, -0.1) is 0 Å². The summed E-state index contributed by atoms with van der Waals surface area (Å²) in [6, 6.07) is 5.74. The number of ether oxygens (including phenoxy) is 1. The van der Waals surface area contributed by atoms with E-state index in [0.29, 0.717) is 17.4 Å². The molecule has 1 aliphatic rings. The van der Waals surface area contributed by atoms with Crippen molar-refractivity contribution in [2.75, 3.05) is 11.4 Å². The van der Waals surface area contributed by atoms with Crippen molar-refractivity contribution in [1.82, 2.24) is 0 Å². The number of amides is 1. The van der Waals surface area contributed by atoms with Gasteiger partial charge in [-0.1, -0.05) is 19.9 Å². The van der Waals surface area contributed by atoms with Gasteiger partial charge in [0.05, 0.1) is 12.1 Å². The normalized spacial score (nSPS) is 16.6. The Bertz CT molecular complexity index is 578. The maximum atomic E-state index is 12.5. The number of hydrogen-bond donors (Lipinski definition) is 1. The third-order valence-corrected chi connectivity index (χ3v) is 3.62. The van der Waals surface area contributed by atoms with E-state index >= 15 is 0 Å². The van der Waals surface area contributed by atoms with Gasteiger partial charge in [0.25, 0.3) is 5.91 Å². The van der Waals surface area contributed by atoms with Crippen molar-refractivity contribution in [3.8, 4) is 5.75 Å². The molecule has 0 atom stereocenters. The predicted molar refractivity (Wildman–Crippen MR) is 79.8 cm³/mol. The summed E-state index contributed by atoms with van der Waals surface area (Å²) in [6.45, 7) is 7.68. The Morgan fingerprint density at radius 2 is 2.05 bits per heavy atom. The topological polar surface area (TPSA) is 66.8 Å². The van der Waals surface area contributed by atoms with E-state index < -0.39 is 11.6 Å². The van der Waals surface area contributed by atoms with Crippen molar-refractivity contribution in [3.05, 3.63) is 23.8 Å². The number of hydrogen-bond acceptors (Lipinski definition) is 3. The summed E-state index contributed by atoms with van der Waals surface area (Å²) >= 11 is 0. The fraction of sp³-hybridized carbons (Fsp3) is 0.500. The molecule has 0 spiro atoms. The van der Waals surface area contributed by atoms with Crippen molar-refractivity contribution in [2.24, 2.45) is 0 Å². The average molecular weight is 291 g/mol. The second-order valence-electron chi connectivity index (χ2n) is 6.09. The summed E-state index contributed by atoms with van der Waals surface area (Å²) in [5.74, 6) is -0.193. The van der Waals surface area contributed by atoms with Gasteiger partial charge in [0, 0.05) is 6.54 Å². The van der Waals surface area contributed by atoms with Crippen LogP contribution in [-0.2, 0) is 9.59 Å². The van der Waals surface area contributed by atoms with Gasteiger partial charge in [-0.2, -0.15) is 0 Å². The molecule has 114 valence electrons. The molecule has 1 aromatic carbocycles. The first-order chi connectivity index (χ1) is 9.72. The molecule has 1 aromatic rings. The Morgan fingerprint density at radius 1 is 1.38 bits per heavy atom. The average Bonchev–Trinajstić information content (AvgIpc) is 2.38. The molecule has 0 aliphatic carbocycles. The molecule has 0 saturated carbocycles. The highest BCUT2D eigenvalue weighted by Crippen LogP contribution is 2.39. The number of carbonyl (C=O) groups excluding carboxylic acids is 1. The zero-order valence-corrected chi connectivity index (χ0v) is 12.8. The van der Waals surface area contributed by atoms with E-state index in [1.54, 1.807) is 13.8 Å². The summed E-state index contributed by atoms with van der Waals surface area (Å²) in [6.07, 6.45) is -0.0901. The van der Waals surface area contributed by atoms with Gasteiger partial charge in [0.2, 0.25) is 0 Å². The molecule has 1 amide bonds. The van der Waals surface area contributed by atoms with Crippen molar-refractivity contribution in [3.63, 3.8) is 0 Å². The Labute approximate surface area is 124 Å². The van der Waals surface area contributed by atoms with Gasteiger partial charge >= 0.3 is 5.97 Å². The maximum absolute atomic E-state index is 12.5. The molecule has 0 bridgehead atoms. The van der Waals surface area contributed by atoms with E-state index in [0.717, 1.165) is 5.56 Å². The van der Waals surface area contributed by atoms with Crippen LogP contribution in [0.5, 0.6) is 5.75 Å². The molecule has 1 aliphatic heterocycles. The predicted octanol–water partition coefficient (Wildman–Crippen LogP) is 2.79. The summed E-state index contributed by atoms with van der Waals surface area (Å²) in [5, 5.41) is 8.88. The van der Waals surface area contributed by atoms with Crippen molar-refractivity contribution in [1.29, 1.82) is 0 Å². The van der Waals surface area contributed by atoms with E-state index in [-0.39, 0.29) is 18.9 Å². The first kappa shape index (κ1) is 15.4. The highest BCUT2D eigenvalue weighted by Gasteiger charge is 2.40. The van der Waals surface area contributed by atoms with Crippen LogP contribution in [0.25, 0.3) is 0 Å². The fourth-order valence-corrected chi connectivity index (χ4v) is 2.37. The number of fused-ring (bicyclic) bond motifs is 1. The first-order valence-corrected chi connectivity index (χ1v) is 7.09. The molecular formula is C16H21NO4. The zero-order valence-electron chi connectivity index (χ0n) is 12.8. The number of carboxylic acid groups (broad SMARTS) is 1. The zero-order chi connectivity index (χ0) is 15.8. The molecule has 0 unspecified atom stereocenters. The molecule has 5 heteroatoms. The van der Waals surface area contributed by atoms with Crippen LogP contribution in [0.3, 0.4) is 0 Å². The Morgan fingerprint density at radius 3 is 2.62 bits per heavy atom. The van der Waals surface area contributed by atoms with Gasteiger partial charge in [0.15, 0.2) is 5.60 Å². The van der Waals surface area contributed by atoms with E-state index in [2.05, 4.69) is 13.8 Å². The fourth-order valence-electron chi connectivity index (χ4n) is 2.37. The van der Waals surface area contributed by atoms with Gasteiger partial charge in [-0.3, -0.25) is 9.59 Å². The molecular weight excluding hydrogens is 270 g/mol. The van der Waals surface area contributed by atoms with E-state index in [9.17, 15) is 9.59 Å². The minimum Gasteiger partial charge on any atom is -0.481 e. The molecule has 5 nitrogen and oxygen atoms in total. The highest BCUT2D eigenvalue weighted by atomic mass is 16.5. The monoisotopic (exact) mass is 291 g/mol. The maximum Gasteiger partial charge on any atom is 0.305 e. The lowest BCUT2D eigenvalue weighted by Crippen LogP contribution is -2.53. The summed E-state index contributed by atoms with van der Waals surface area (Å²) in [5.41, 5.74) is 0.766. The molecule has 0 radical (unpaired) electrons. The van der Waals surface area contributed by atoms with Gasteiger partial charge in [0.1, 0.15) is 5.75 Å². The van der Waals surface area contributed by atoms with E-state index in [1.807, 2.05) is 18.2 Å². The minimum absolute atomic E-state index is 0.0901. The van der Waals surface area contributed by atoms with Crippen LogP contribution in [-0.4, -0.2) is 29.1 Å². The lowest BCUT2D eigenvalue weighted by atomic mass is 9.98. The number of aliphatic carboxylic acids is 1. The largest absolute Gasteiger partial charge is 0.481 e. The second kappa shape index (κ2) is 5.39. The van der Waals surface area contributed by atoms with Crippen molar-refractivity contribution < 1.29 is 19.4 Å². The van der Waals surface area contributed by atoms with Crippen LogP contribution in [0.15, 0.2) is 18.2 Å². The number of nitrogens with zero attached hydrogens (tertiary/aromatic N) is 1. The van der Waals surface area contributed by atoms with Crippen LogP contribution in [0, 0.1) is 0 Å². The summed E-state index contributed by atoms with van der Waals surface area (Å²) in [7, 11) is 0. The second-order valence-corrected chi connectivity index (χ2v) is 6.09. The number of carboxylic acids is 1. The molecule has 0 aromatic heterocycles. The van der Waals surface area contributed by atoms with E-state index in [1.165, 1.54) is 4.90 Å². The third-order valence-electron chi connectivity index (χ3n) is 3.62. The highest BCUT2D eigenvalue weighted by molar-refractivity contribution is 6.02. The standard InChI is InChI=1S/C16H21NO4/c1-10(2)11-5-6-13-12(9-11)17(8-7-14(18)19)15(20)16(3,4)21-13/h5-6,9-10H,7-8H2,1-4H3,(H,18,19). The molecule has 0 fully saturated rings. The van der Waals surface area contributed by atoms with Gasteiger partial charge < -0.3 is 14.7 Å².